The van der Waals surface area contributed by atoms with Crippen LogP contribution in [0.15, 0.2) is 18.2 Å². The Labute approximate surface area is 85.0 Å². The van der Waals surface area contributed by atoms with E-state index in [-0.39, 0.29) is 5.56 Å². The average molecular weight is 221 g/mol. The molecule has 0 bridgehead atoms. The van der Waals surface area contributed by atoms with Crippen molar-refractivity contribution in [1.82, 2.24) is 0 Å². The van der Waals surface area contributed by atoms with Crippen LogP contribution in [0.25, 0.3) is 6.08 Å². The van der Waals surface area contributed by atoms with Gasteiger partial charge in [0.15, 0.2) is 11.6 Å². The maximum absolute atomic E-state index is 13.0. The van der Waals surface area contributed by atoms with Gasteiger partial charge in [-0.15, -0.1) is 11.6 Å². The molecule has 0 saturated heterocycles. The lowest BCUT2D eigenvalue weighted by atomic mass is 10.1. The highest BCUT2D eigenvalue weighted by atomic mass is 35.5. The lowest BCUT2D eigenvalue weighted by Gasteiger charge is -1.99. The number of benzene rings is 1. The minimum Gasteiger partial charge on any atom is -0.206 e. The van der Waals surface area contributed by atoms with Gasteiger partial charge in [0.25, 0.3) is 0 Å². The zero-order valence-electron chi connectivity index (χ0n) is 7.24. The molecule has 1 rings (SSSR count). The van der Waals surface area contributed by atoms with Gasteiger partial charge in [-0.05, 0) is 18.6 Å². The van der Waals surface area contributed by atoms with Crippen molar-refractivity contribution in [3.63, 3.8) is 0 Å². The molecule has 0 amide bonds. The van der Waals surface area contributed by atoms with Crippen LogP contribution in [0.2, 0.25) is 0 Å². The van der Waals surface area contributed by atoms with E-state index in [2.05, 4.69) is 0 Å². The molecule has 0 unspecified atom stereocenters. The molecule has 0 heterocycles. The second kappa shape index (κ2) is 5.05. The SMILES string of the molecule is Fc1ccc(F)c(C=CCCCl)c1F. The number of rotatable bonds is 3. The van der Waals surface area contributed by atoms with Crippen LogP contribution in [0, 0.1) is 17.5 Å². The van der Waals surface area contributed by atoms with E-state index in [4.69, 9.17) is 11.6 Å². The van der Waals surface area contributed by atoms with Crippen LogP contribution in [0.5, 0.6) is 0 Å². The van der Waals surface area contributed by atoms with Crippen molar-refractivity contribution in [2.45, 2.75) is 6.42 Å². The summed E-state index contributed by atoms with van der Waals surface area (Å²) in [5.74, 6) is -2.66. The molecule has 1 aromatic rings. The van der Waals surface area contributed by atoms with Crippen LogP contribution in [0.4, 0.5) is 13.2 Å². The van der Waals surface area contributed by atoms with Crippen molar-refractivity contribution in [1.29, 1.82) is 0 Å². The number of hydrogen-bond acceptors (Lipinski definition) is 0. The number of allylic oxidation sites excluding steroid dienone is 1. The van der Waals surface area contributed by atoms with Gasteiger partial charge < -0.3 is 0 Å². The number of hydrogen-bond donors (Lipinski definition) is 0. The van der Waals surface area contributed by atoms with Gasteiger partial charge in [-0.2, -0.15) is 0 Å². The summed E-state index contributed by atoms with van der Waals surface area (Å²) in [6.45, 7) is 0. The lowest BCUT2D eigenvalue weighted by Crippen LogP contribution is -1.92. The molecule has 0 nitrogen and oxygen atoms in total. The third kappa shape index (κ3) is 2.51. The van der Waals surface area contributed by atoms with Crippen LogP contribution in [-0.4, -0.2) is 5.88 Å². The van der Waals surface area contributed by atoms with Crippen LogP contribution in [0.1, 0.15) is 12.0 Å². The van der Waals surface area contributed by atoms with E-state index in [1.807, 2.05) is 0 Å². The highest BCUT2D eigenvalue weighted by Crippen LogP contribution is 2.17. The fraction of sp³-hybridized carbons (Fsp3) is 0.200. The molecule has 76 valence electrons. The first kappa shape index (κ1) is 11.1. The van der Waals surface area contributed by atoms with E-state index < -0.39 is 17.5 Å². The fourth-order valence-electron chi connectivity index (χ4n) is 0.960. The van der Waals surface area contributed by atoms with Gasteiger partial charge in [0.2, 0.25) is 0 Å². The van der Waals surface area contributed by atoms with Crippen molar-refractivity contribution < 1.29 is 13.2 Å². The molecule has 0 radical (unpaired) electrons. The zero-order valence-corrected chi connectivity index (χ0v) is 7.99. The molecule has 0 atom stereocenters. The summed E-state index contributed by atoms with van der Waals surface area (Å²) in [6.07, 6.45) is 3.17. The Hall–Kier alpha value is -0.960. The first-order chi connectivity index (χ1) is 6.66. The third-order valence-corrected chi connectivity index (χ3v) is 1.86. The fourth-order valence-corrected chi connectivity index (χ4v) is 1.09. The molecule has 0 aromatic heterocycles. The summed E-state index contributed by atoms with van der Waals surface area (Å²) >= 11 is 5.37. The predicted octanol–water partition coefficient (Wildman–Crippen LogP) is 3.75. The number of alkyl halides is 1. The topological polar surface area (TPSA) is 0 Å². The van der Waals surface area contributed by atoms with Gasteiger partial charge in [-0.1, -0.05) is 12.2 Å². The van der Waals surface area contributed by atoms with Crippen LogP contribution >= 0.6 is 11.6 Å². The van der Waals surface area contributed by atoms with Gasteiger partial charge >= 0.3 is 0 Å². The van der Waals surface area contributed by atoms with Crippen molar-refractivity contribution in [2.75, 3.05) is 5.88 Å². The van der Waals surface area contributed by atoms with Crippen LogP contribution in [-0.2, 0) is 0 Å². The monoisotopic (exact) mass is 220 g/mol. The van der Waals surface area contributed by atoms with E-state index in [0.29, 0.717) is 12.3 Å². The van der Waals surface area contributed by atoms with E-state index in [0.717, 1.165) is 12.1 Å². The second-order valence-corrected chi connectivity index (χ2v) is 3.01. The molecule has 4 heteroatoms. The Kier molecular flexibility index (Phi) is 4.01. The van der Waals surface area contributed by atoms with Crippen molar-refractivity contribution in [2.24, 2.45) is 0 Å². The zero-order chi connectivity index (χ0) is 10.6. The molecule has 0 aliphatic rings. The standard InChI is InChI=1S/C10H8ClF3/c11-6-2-1-3-7-8(12)4-5-9(13)10(7)14/h1,3-5H,2,6H2. The lowest BCUT2D eigenvalue weighted by molar-refractivity contribution is 0.492. The van der Waals surface area contributed by atoms with Crippen molar-refractivity contribution >= 4 is 17.7 Å². The Morgan fingerprint density at radius 3 is 2.43 bits per heavy atom. The maximum atomic E-state index is 13.0. The van der Waals surface area contributed by atoms with Gasteiger partial charge in [0.1, 0.15) is 5.82 Å². The Morgan fingerprint density at radius 1 is 1.14 bits per heavy atom. The summed E-state index contributed by atoms with van der Waals surface area (Å²) in [5, 5.41) is 0. The minimum atomic E-state index is -1.17. The first-order valence-corrected chi connectivity index (χ1v) is 4.56. The minimum absolute atomic E-state index is 0.356. The quantitative estimate of drug-likeness (QED) is 0.538. The van der Waals surface area contributed by atoms with Gasteiger partial charge in [-0.25, -0.2) is 13.2 Å². The Balaban J connectivity index is 3.00. The maximum Gasteiger partial charge on any atom is 0.168 e. The van der Waals surface area contributed by atoms with Crippen molar-refractivity contribution in [3.8, 4) is 0 Å². The molecule has 0 aliphatic carbocycles. The Morgan fingerprint density at radius 2 is 1.79 bits per heavy atom. The smallest absolute Gasteiger partial charge is 0.168 e. The third-order valence-electron chi connectivity index (χ3n) is 1.64. The largest absolute Gasteiger partial charge is 0.206 e. The molecule has 1 aromatic carbocycles. The van der Waals surface area contributed by atoms with E-state index in [1.54, 1.807) is 0 Å². The van der Waals surface area contributed by atoms with Gasteiger partial charge in [-0.3, -0.25) is 0 Å². The molecule has 0 aliphatic heterocycles. The number of halogens is 4. The average Bonchev–Trinajstić information content (AvgIpc) is 2.18. The molecule has 0 N–H and O–H groups in total. The summed E-state index contributed by atoms with van der Waals surface area (Å²) in [6, 6.07) is 1.64. The highest BCUT2D eigenvalue weighted by Gasteiger charge is 2.10. The predicted molar refractivity (Wildman–Crippen MR) is 50.7 cm³/mol. The highest BCUT2D eigenvalue weighted by molar-refractivity contribution is 6.17. The molecular formula is C10H8ClF3. The molecule has 0 spiro atoms. The van der Waals surface area contributed by atoms with E-state index >= 15 is 0 Å². The van der Waals surface area contributed by atoms with E-state index in [9.17, 15) is 13.2 Å². The van der Waals surface area contributed by atoms with Crippen LogP contribution in [0.3, 0.4) is 0 Å². The van der Waals surface area contributed by atoms with Crippen LogP contribution < -0.4 is 0 Å². The summed E-state index contributed by atoms with van der Waals surface area (Å²) in [7, 11) is 0. The molecule has 0 saturated carbocycles. The molecule has 0 fully saturated rings. The molecule has 14 heavy (non-hydrogen) atoms. The van der Waals surface area contributed by atoms with E-state index in [1.165, 1.54) is 12.2 Å². The normalized spacial score (nSPS) is 11.1. The summed E-state index contributed by atoms with van der Waals surface area (Å²) < 4.78 is 38.6. The Bertz CT molecular complexity index is 347. The van der Waals surface area contributed by atoms with Gasteiger partial charge in [0, 0.05) is 11.4 Å². The molecular weight excluding hydrogens is 213 g/mol. The summed E-state index contributed by atoms with van der Waals surface area (Å²) in [4.78, 5) is 0. The van der Waals surface area contributed by atoms with Gasteiger partial charge in [0.05, 0.1) is 0 Å². The first-order valence-electron chi connectivity index (χ1n) is 4.03. The van der Waals surface area contributed by atoms with Crippen molar-refractivity contribution in [3.05, 3.63) is 41.2 Å². The summed E-state index contributed by atoms with van der Waals surface area (Å²) in [5.41, 5.74) is -0.366. The second-order valence-electron chi connectivity index (χ2n) is 2.64.